The Kier molecular flexibility index (Phi) is 7.54. The summed E-state index contributed by atoms with van der Waals surface area (Å²) in [7, 11) is 1.62. The van der Waals surface area contributed by atoms with Crippen molar-refractivity contribution in [1.29, 1.82) is 0 Å². The van der Waals surface area contributed by atoms with Gasteiger partial charge in [0.1, 0.15) is 6.61 Å². The van der Waals surface area contributed by atoms with Crippen LogP contribution in [-0.4, -0.2) is 44.5 Å². The van der Waals surface area contributed by atoms with Crippen molar-refractivity contribution in [1.82, 2.24) is 0 Å². The molecule has 0 atom stereocenters. The van der Waals surface area contributed by atoms with Crippen LogP contribution in [0.3, 0.4) is 0 Å². The van der Waals surface area contributed by atoms with E-state index in [1.807, 2.05) is 30.3 Å². The van der Waals surface area contributed by atoms with E-state index in [0.29, 0.717) is 51.0 Å². The van der Waals surface area contributed by atoms with Gasteiger partial charge in [-0.3, -0.25) is 0 Å². The quantitative estimate of drug-likeness (QED) is 0.476. The molecule has 0 aromatic heterocycles. The molecular formula is C27H30N2O5. The second-order valence-corrected chi connectivity index (χ2v) is 8.25. The van der Waals surface area contributed by atoms with Crippen LogP contribution in [0.1, 0.15) is 27.0 Å². The third-order valence-corrected chi connectivity index (χ3v) is 5.82. The summed E-state index contributed by atoms with van der Waals surface area (Å²) >= 11 is 0. The summed E-state index contributed by atoms with van der Waals surface area (Å²) < 4.78 is 16.9. The van der Waals surface area contributed by atoms with Crippen LogP contribution in [0.2, 0.25) is 0 Å². The van der Waals surface area contributed by atoms with Gasteiger partial charge in [0.15, 0.2) is 11.5 Å². The van der Waals surface area contributed by atoms with Gasteiger partial charge in [-0.2, -0.15) is 0 Å². The van der Waals surface area contributed by atoms with Crippen molar-refractivity contribution < 1.29 is 24.1 Å². The number of hydrogen-bond donors (Lipinski definition) is 2. The summed E-state index contributed by atoms with van der Waals surface area (Å²) in [5, 5.41) is 13.1. The van der Waals surface area contributed by atoms with E-state index in [1.165, 1.54) is 5.56 Å². The lowest BCUT2D eigenvalue weighted by Crippen LogP contribution is -2.37. The molecule has 178 valence electrons. The van der Waals surface area contributed by atoms with Crippen molar-refractivity contribution in [3.8, 4) is 11.5 Å². The van der Waals surface area contributed by atoms with Crippen molar-refractivity contribution >= 4 is 17.3 Å². The maximum atomic E-state index is 11.9. The van der Waals surface area contributed by atoms with Crippen LogP contribution in [0, 0.1) is 6.92 Å². The summed E-state index contributed by atoms with van der Waals surface area (Å²) in [6, 6.07) is 19.5. The van der Waals surface area contributed by atoms with Gasteiger partial charge in [-0.05, 0) is 48.4 Å². The molecule has 1 saturated heterocycles. The number of morpholine rings is 1. The second kappa shape index (κ2) is 10.9. The van der Waals surface area contributed by atoms with E-state index in [1.54, 1.807) is 13.2 Å². The number of nitrogens with one attached hydrogen (secondary N) is 1. The molecule has 3 aromatic rings. The molecule has 2 N–H and O–H groups in total. The van der Waals surface area contributed by atoms with Crippen LogP contribution in [0.15, 0.2) is 60.7 Å². The zero-order valence-electron chi connectivity index (χ0n) is 19.5. The molecule has 4 rings (SSSR count). The molecule has 1 aliphatic rings. The number of aryl methyl sites for hydroxylation is 1. The highest BCUT2D eigenvalue weighted by Crippen LogP contribution is 2.30. The van der Waals surface area contributed by atoms with Gasteiger partial charge in [0.2, 0.25) is 0 Å². The highest BCUT2D eigenvalue weighted by molar-refractivity contribution is 5.95. The van der Waals surface area contributed by atoms with Gasteiger partial charge in [0.25, 0.3) is 0 Å². The van der Waals surface area contributed by atoms with Gasteiger partial charge >= 0.3 is 5.97 Å². The number of ether oxygens (including phenoxy) is 3. The first-order valence-corrected chi connectivity index (χ1v) is 11.3. The lowest BCUT2D eigenvalue weighted by atomic mass is 10.1. The lowest BCUT2D eigenvalue weighted by Gasteiger charge is -2.30. The Morgan fingerprint density at radius 3 is 2.44 bits per heavy atom. The Labute approximate surface area is 199 Å². The number of carboxylic acids is 1. The zero-order valence-corrected chi connectivity index (χ0v) is 19.5. The fourth-order valence-corrected chi connectivity index (χ4v) is 3.89. The van der Waals surface area contributed by atoms with Gasteiger partial charge in [0.05, 0.1) is 31.6 Å². The van der Waals surface area contributed by atoms with Crippen molar-refractivity contribution in [3.63, 3.8) is 0 Å². The Bertz CT molecular complexity index is 1120. The fraction of sp³-hybridized carbons (Fsp3) is 0.296. The summed E-state index contributed by atoms with van der Waals surface area (Å²) in [5.41, 5.74) is 5.04. The van der Waals surface area contributed by atoms with Crippen molar-refractivity contribution in [2.45, 2.75) is 20.1 Å². The first-order valence-electron chi connectivity index (χ1n) is 11.3. The summed E-state index contributed by atoms with van der Waals surface area (Å²) in [5.74, 6) is 0.386. The zero-order chi connectivity index (χ0) is 23.9. The van der Waals surface area contributed by atoms with Crippen LogP contribution in [0.25, 0.3) is 0 Å². The maximum absolute atomic E-state index is 11.9. The van der Waals surface area contributed by atoms with E-state index in [9.17, 15) is 9.90 Å². The Morgan fingerprint density at radius 1 is 1.00 bits per heavy atom. The molecule has 0 amide bonds. The molecule has 0 radical (unpaired) electrons. The minimum Gasteiger partial charge on any atom is -0.493 e. The van der Waals surface area contributed by atoms with E-state index in [-0.39, 0.29) is 5.56 Å². The predicted octanol–water partition coefficient (Wildman–Crippen LogP) is 4.73. The van der Waals surface area contributed by atoms with Crippen LogP contribution < -0.4 is 19.7 Å². The Morgan fingerprint density at radius 2 is 1.74 bits per heavy atom. The minimum absolute atomic E-state index is 0.282. The third-order valence-electron chi connectivity index (χ3n) is 5.82. The molecule has 1 aliphatic heterocycles. The molecule has 0 spiro atoms. The number of methoxy groups -OCH3 is 1. The van der Waals surface area contributed by atoms with Crippen LogP contribution in [-0.2, 0) is 17.9 Å². The molecule has 7 heteroatoms. The minimum atomic E-state index is -0.943. The number of hydrogen-bond acceptors (Lipinski definition) is 6. The molecule has 0 aliphatic carbocycles. The topological polar surface area (TPSA) is 80.3 Å². The van der Waals surface area contributed by atoms with Crippen LogP contribution >= 0.6 is 0 Å². The third kappa shape index (κ3) is 5.80. The van der Waals surface area contributed by atoms with Gasteiger partial charge < -0.3 is 29.5 Å². The van der Waals surface area contributed by atoms with Gasteiger partial charge in [-0.25, -0.2) is 4.79 Å². The number of rotatable bonds is 9. The molecule has 0 unspecified atom stereocenters. The molecule has 1 heterocycles. The van der Waals surface area contributed by atoms with Crippen LogP contribution in [0.4, 0.5) is 11.4 Å². The number of nitrogens with zero attached hydrogens (tertiary/aromatic N) is 1. The average molecular weight is 463 g/mol. The Hall–Kier alpha value is -3.71. The molecule has 1 fully saturated rings. The molecular weight excluding hydrogens is 432 g/mol. The average Bonchev–Trinajstić information content (AvgIpc) is 2.87. The van der Waals surface area contributed by atoms with Crippen LogP contribution in [0.5, 0.6) is 11.5 Å². The maximum Gasteiger partial charge on any atom is 0.337 e. The summed E-state index contributed by atoms with van der Waals surface area (Å²) in [6.45, 7) is 5.61. The van der Waals surface area contributed by atoms with E-state index < -0.39 is 5.97 Å². The molecule has 0 saturated carbocycles. The monoisotopic (exact) mass is 462 g/mol. The first-order chi connectivity index (χ1) is 16.5. The summed E-state index contributed by atoms with van der Waals surface area (Å²) in [6.07, 6.45) is 0. The number of anilines is 2. The Balaban J connectivity index is 1.42. The number of carboxylic acid groups (broad SMARTS) is 1. The molecule has 34 heavy (non-hydrogen) atoms. The fourth-order valence-electron chi connectivity index (χ4n) is 3.89. The highest BCUT2D eigenvalue weighted by Gasteiger charge is 2.19. The second-order valence-electron chi connectivity index (χ2n) is 8.25. The van der Waals surface area contributed by atoms with E-state index in [2.05, 4.69) is 41.4 Å². The summed E-state index contributed by atoms with van der Waals surface area (Å²) in [4.78, 5) is 13.9. The van der Waals surface area contributed by atoms with Crippen molar-refractivity contribution in [3.05, 3.63) is 82.9 Å². The van der Waals surface area contributed by atoms with E-state index in [4.69, 9.17) is 14.2 Å². The van der Waals surface area contributed by atoms with Gasteiger partial charge in [0, 0.05) is 25.3 Å². The van der Waals surface area contributed by atoms with Gasteiger partial charge in [-0.1, -0.05) is 35.9 Å². The largest absolute Gasteiger partial charge is 0.493 e. The van der Waals surface area contributed by atoms with Crippen molar-refractivity contribution in [2.24, 2.45) is 0 Å². The highest BCUT2D eigenvalue weighted by atomic mass is 16.5. The first kappa shape index (κ1) is 23.4. The number of benzene rings is 3. The lowest BCUT2D eigenvalue weighted by molar-refractivity contribution is 0.0696. The normalized spacial score (nSPS) is 13.4. The predicted molar refractivity (Wildman–Crippen MR) is 132 cm³/mol. The SMILES string of the molecule is COc1cc(CNc2ccc(N3CCOCC3)c(C(=O)O)c2)ccc1OCc1ccc(C)cc1. The number of aromatic carboxylic acids is 1. The van der Waals surface area contributed by atoms with Gasteiger partial charge in [-0.15, -0.1) is 0 Å². The van der Waals surface area contributed by atoms with Crippen molar-refractivity contribution in [2.75, 3.05) is 43.6 Å². The molecule has 7 nitrogen and oxygen atoms in total. The standard InChI is InChI=1S/C27H30N2O5/c1-19-3-5-20(6-4-19)18-34-25-10-7-21(15-26(25)32-2)17-28-22-8-9-24(23(16-22)27(30)31)29-11-13-33-14-12-29/h3-10,15-16,28H,11-14,17-18H2,1-2H3,(H,30,31). The van der Waals surface area contributed by atoms with E-state index >= 15 is 0 Å². The molecule has 3 aromatic carbocycles. The van der Waals surface area contributed by atoms with E-state index in [0.717, 1.165) is 22.5 Å². The molecule has 0 bridgehead atoms. The smallest absolute Gasteiger partial charge is 0.337 e. The number of carbonyl (C=O) groups is 1.